The van der Waals surface area contributed by atoms with Crippen molar-refractivity contribution in [2.24, 2.45) is 5.41 Å². The maximum Gasteiger partial charge on any atom is 0.471 e. The first-order chi connectivity index (χ1) is 12.9. The molecular weight excluding hydrogens is 379 g/mol. The number of nitrogens with zero attached hydrogens (tertiary/aromatic N) is 3. The molecule has 0 spiro atoms. The fourth-order valence-electron chi connectivity index (χ4n) is 2.39. The summed E-state index contributed by atoms with van der Waals surface area (Å²) < 4.78 is 41.8. The zero-order valence-corrected chi connectivity index (χ0v) is 15.8. The Bertz CT molecular complexity index is 839. The molecule has 0 fully saturated rings. The highest BCUT2D eigenvalue weighted by atomic mass is 19.4. The highest BCUT2D eigenvalue weighted by Crippen LogP contribution is 2.29. The van der Waals surface area contributed by atoms with Crippen molar-refractivity contribution in [3.63, 3.8) is 0 Å². The molecule has 1 aromatic carbocycles. The van der Waals surface area contributed by atoms with Crippen molar-refractivity contribution in [1.82, 2.24) is 15.2 Å². The molecule has 0 aliphatic heterocycles. The number of ketones is 1. The minimum atomic E-state index is -4.74. The number of hydroxylamine groups is 2. The maximum atomic E-state index is 12.5. The van der Waals surface area contributed by atoms with Crippen LogP contribution >= 0.6 is 0 Å². The molecule has 1 amide bonds. The molecule has 0 radical (unpaired) electrons. The number of carbonyl (C=O) groups excluding carboxylic acids is 2. The van der Waals surface area contributed by atoms with Gasteiger partial charge in [-0.3, -0.25) is 14.4 Å². The van der Waals surface area contributed by atoms with Crippen molar-refractivity contribution in [3.05, 3.63) is 35.7 Å². The summed E-state index contributed by atoms with van der Waals surface area (Å²) in [6.45, 7) is 5.51. The third kappa shape index (κ3) is 5.62. The van der Waals surface area contributed by atoms with Crippen LogP contribution in [-0.2, 0) is 15.8 Å². The predicted octanol–water partition coefficient (Wildman–Crippen LogP) is 3.76. The minimum absolute atomic E-state index is 0.161. The van der Waals surface area contributed by atoms with Gasteiger partial charge < -0.3 is 4.52 Å². The molecule has 0 N–H and O–H groups in total. The highest BCUT2D eigenvalue weighted by molar-refractivity contribution is 5.96. The predicted molar refractivity (Wildman–Crippen MR) is 91.9 cm³/mol. The van der Waals surface area contributed by atoms with E-state index in [0.717, 1.165) is 5.06 Å². The zero-order valence-electron chi connectivity index (χ0n) is 15.8. The molecule has 10 heteroatoms. The van der Waals surface area contributed by atoms with Gasteiger partial charge in [-0.2, -0.15) is 18.2 Å². The average Bonchev–Trinajstić information content (AvgIpc) is 3.08. The summed E-state index contributed by atoms with van der Waals surface area (Å²) in [7, 11) is 1.27. The van der Waals surface area contributed by atoms with Crippen LogP contribution in [0.3, 0.4) is 0 Å². The van der Waals surface area contributed by atoms with Gasteiger partial charge in [-0.15, -0.1) is 0 Å². The first-order valence-corrected chi connectivity index (χ1v) is 8.30. The van der Waals surface area contributed by atoms with Crippen LogP contribution < -0.4 is 0 Å². The van der Waals surface area contributed by atoms with Gasteiger partial charge in [0.2, 0.25) is 5.82 Å². The van der Waals surface area contributed by atoms with Gasteiger partial charge in [-0.05, 0) is 17.5 Å². The van der Waals surface area contributed by atoms with Gasteiger partial charge in [0.15, 0.2) is 5.78 Å². The normalized spacial score (nSPS) is 12.1. The lowest BCUT2D eigenvalue weighted by Crippen LogP contribution is -2.35. The number of benzene rings is 1. The van der Waals surface area contributed by atoms with Gasteiger partial charge in [-0.1, -0.05) is 38.1 Å². The second kappa shape index (κ2) is 8.09. The van der Waals surface area contributed by atoms with Crippen LogP contribution in [-0.4, -0.2) is 40.5 Å². The molecule has 1 aromatic heterocycles. The number of Topliss-reactive ketones (excluding diaryl/α,β-unsaturated/α-hetero) is 1. The number of aromatic nitrogens is 2. The van der Waals surface area contributed by atoms with Crippen LogP contribution in [0.1, 0.15) is 43.4 Å². The smallest absolute Gasteiger partial charge is 0.329 e. The van der Waals surface area contributed by atoms with E-state index in [0.29, 0.717) is 0 Å². The number of alkyl halides is 3. The van der Waals surface area contributed by atoms with Crippen molar-refractivity contribution < 1.29 is 32.1 Å². The third-order valence-electron chi connectivity index (χ3n) is 3.55. The number of amides is 1. The van der Waals surface area contributed by atoms with E-state index in [4.69, 9.17) is 4.84 Å². The Morgan fingerprint density at radius 1 is 1.14 bits per heavy atom. The molecule has 0 aliphatic rings. The highest BCUT2D eigenvalue weighted by Gasteiger charge is 2.38. The molecule has 7 nitrogen and oxygen atoms in total. The standard InChI is InChI=1S/C18H20F3N3O4/c1-17(2,3)9-13(25)10-24(27-4)15(26)12-7-5-11(6-8-12)14-22-16(28-23-14)18(19,20)21/h5-8H,9-10H2,1-4H3. The Morgan fingerprint density at radius 2 is 1.75 bits per heavy atom. The molecule has 28 heavy (non-hydrogen) atoms. The molecule has 1 heterocycles. The summed E-state index contributed by atoms with van der Waals surface area (Å²) in [6.07, 6.45) is -4.46. The molecule has 0 bridgehead atoms. The Morgan fingerprint density at radius 3 is 2.21 bits per heavy atom. The van der Waals surface area contributed by atoms with E-state index in [-0.39, 0.29) is 41.1 Å². The molecule has 0 unspecified atom stereocenters. The Kier molecular flexibility index (Phi) is 6.23. The van der Waals surface area contributed by atoms with Gasteiger partial charge >= 0.3 is 12.1 Å². The van der Waals surface area contributed by atoms with E-state index in [1.807, 2.05) is 20.8 Å². The molecule has 0 saturated carbocycles. The van der Waals surface area contributed by atoms with Crippen LogP contribution in [0.5, 0.6) is 0 Å². The molecule has 2 rings (SSSR count). The van der Waals surface area contributed by atoms with Crippen LogP contribution in [0.25, 0.3) is 11.4 Å². The summed E-state index contributed by atoms with van der Waals surface area (Å²) in [5.41, 5.74) is 0.207. The van der Waals surface area contributed by atoms with Crippen LogP contribution in [0.4, 0.5) is 13.2 Å². The maximum absolute atomic E-state index is 12.5. The molecule has 0 atom stereocenters. The van der Waals surface area contributed by atoms with E-state index in [9.17, 15) is 22.8 Å². The second-order valence-corrected chi connectivity index (χ2v) is 7.30. The SMILES string of the molecule is CON(CC(=O)CC(C)(C)C)C(=O)c1ccc(-c2noc(C(F)(F)F)n2)cc1. The minimum Gasteiger partial charge on any atom is -0.329 e. The molecule has 152 valence electrons. The van der Waals surface area contributed by atoms with Crippen molar-refractivity contribution in [1.29, 1.82) is 0 Å². The lowest BCUT2D eigenvalue weighted by Gasteiger charge is -2.22. The van der Waals surface area contributed by atoms with Gasteiger partial charge in [0.05, 0.1) is 7.11 Å². The van der Waals surface area contributed by atoms with Crippen molar-refractivity contribution >= 4 is 11.7 Å². The first kappa shape index (κ1) is 21.5. The quantitative estimate of drug-likeness (QED) is 0.688. The summed E-state index contributed by atoms with van der Waals surface area (Å²) in [5, 5.41) is 4.21. The van der Waals surface area contributed by atoms with E-state index in [1.165, 1.54) is 31.4 Å². The topological polar surface area (TPSA) is 85.5 Å². The number of carbonyl (C=O) groups is 2. The van der Waals surface area contributed by atoms with Gasteiger partial charge in [0.25, 0.3) is 5.91 Å². The lowest BCUT2D eigenvalue weighted by atomic mass is 9.90. The third-order valence-corrected chi connectivity index (χ3v) is 3.55. The van der Waals surface area contributed by atoms with E-state index in [1.54, 1.807) is 0 Å². The first-order valence-electron chi connectivity index (χ1n) is 8.30. The van der Waals surface area contributed by atoms with Crippen molar-refractivity contribution in [3.8, 4) is 11.4 Å². The fourth-order valence-corrected chi connectivity index (χ4v) is 2.39. The number of hydrogen-bond donors (Lipinski definition) is 0. The van der Waals surface area contributed by atoms with Gasteiger partial charge in [0, 0.05) is 17.5 Å². The monoisotopic (exact) mass is 399 g/mol. The Labute approximate surface area is 159 Å². The number of rotatable bonds is 6. The van der Waals surface area contributed by atoms with E-state index < -0.39 is 18.0 Å². The summed E-state index contributed by atoms with van der Waals surface area (Å²) in [4.78, 5) is 32.9. The summed E-state index contributed by atoms with van der Waals surface area (Å²) >= 11 is 0. The van der Waals surface area contributed by atoms with Crippen LogP contribution in [0.2, 0.25) is 0 Å². The van der Waals surface area contributed by atoms with Gasteiger partial charge in [-0.25, -0.2) is 5.06 Å². The second-order valence-electron chi connectivity index (χ2n) is 7.30. The number of halogens is 3. The molecule has 0 aliphatic carbocycles. The molecule has 0 saturated heterocycles. The van der Waals surface area contributed by atoms with Crippen LogP contribution in [0, 0.1) is 5.41 Å². The summed E-state index contributed by atoms with van der Waals surface area (Å²) in [5.74, 6) is -2.42. The van der Waals surface area contributed by atoms with E-state index >= 15 is 0 Å². The number of hydrogen-bond acceptors (Lipinski definition) is 6. The van der Waals surface area contributed by atoms with Crippen molar-refractivity contribution in [2.45, 2.75) is 33.4 Å². The van der Waals surface area contributed by atoms with Crippen molar-refractivity contribution in [2.75, 3.05) is 13.7 Å². The van der Waals surface area contributed by atoms with E-state index in [2.05, 4.69) is 14.7 Å². The van der Waals surface area contributed by atoms with Crippen LogP contribution in [0.15, 0.2) is 28.8 Å². The molecular formula is C18H20F3N3O4. The molecule has 2 aromatic rings. The Hall–Kier alpha value is -2.75. The van der Waals surface area contributed by atoms with Gasteiger partial charge in [0.1, 0.15) is 6.54 Å². The summed E-state index contributed by atoms with van der Waals surface area (Å²) in [6, 6.07) is 5.51. The largest absolute Gasteiger partial charge is 0.471 e. The lowest BCUT2D eigenvalue weighted by molar-refractivity contribution is -0.159. The zero-order chi connectivity index (χ0) is 21.1. The average molecular weight is 399 g/mol. The fraction of sp³-hybridized carbons (Fsp3) is 0.444. The Balaban J connectivity index is 2.11.